The van der Waals surface area contributed by atoms with E-state index in [9.17, 15) is 8.42 Å². The van der Waals surface area contributed by atoms with E-state index < -0.39 is 10.0 Å². The predicted molar refractivity (Wildman–Crippen MR) is 75.6 cm³/mol. The Kier molecular flexibility index (Phi) is 5.05. The zero-order valence-electron chi connectivity index (χ0n) is 11.1. The Balaban J connectivity index is 1.98. The largest absolute Gasteiger partial charge is 0.340 e. The summed E-state index contributed by atoms with van der Waals surface area (Å²) in [6.45, 7) is 0.441. The highest BCUT2D eigenvalue weighted by Gasteiger charge is 2.13. The van der Waals surface area contributed by atoms with Crippen LogP contribution in [0.25, 0.3) is 0 Å². The summed E-state index contributed by atoms with van der Waals surface area (Å²) in [5, 5.41) is 3.44. The topological polar surface area (TPSA) is 111 Å². The molecule has 0 amide bonds. The van der Waals surface area contributed by atoms with Crippen LogP contribution in [0.1, 0.15) is 11.5 Å². The van der Waals surface area contributed by atoms with Crippen LogP contribution in [0.2, 0.25) is 0 Å². The number of nitrogens with two attached hydrogens (primary N) is 1. The van der Waals surface area contributed by atoms with Gasteiger partial charge in [-0.25, -0.2) is 13.1 Å². The highest BCUT2D eigenvalue weighted by Crippen LogP contribution is 2.10. The van der Waals surface area contributed by atoms with E-state index in [1.54, 1.807) is 12.1 Å². The van der Waals surface area contributed by atoms with Crippen LogP contribution in [-0.4, -0.2) is 31.6 Å². The molecule has 110 valence electrons. The fraction of sp³-hybridized carbons (Fsp3) is 0.231. The van der Waals surface area contributed by atoms with Gasteiger partial charge in [-0.15, -0.1) is 0 Å². The van der Waals surface area contributed by atoms with E-state index >= 15 is 0 Å². The standard InChI is InChI=1S/C13H14N4O3S/c14-8-1-2-11-3-5-12(6-4-11)21(18,19)17-9-7-13-15-10-16-20-13/h3-6,10,17H,7-9,14H2. The fourth-order valence-electron chi connectivity index (χ4n) is 1.55. The zero-order valence-corrected chi connectivity index (χ0v) is 11.9. The van der Waals surface area contributed by atoms with Crippen molar-refractivity contribution >= 4 is 10.0 Å². The number of nitrogens with one attached hydrogen (secondary N) is 1. The third kappa shape index (κ3) is 4.39. The Bertz CT molecular complexity index is 728. The molecule has 2 rings (SSSR count). The molecule has 0 aliphatic heterocycles. The summed E-state index contributed by atoms with van der Waals surface area (Å²) in [4.78, 5) is 3.98. The molecular formula is C13H14N4O3S. The van der Waals surface area contributed by atoms with Crippen molar-refractivity contribution in [3.05, 3.63) is 42.0 Å². The van der Waals surface area contributed by atoms with Crippen molar-refractivity contribution in [2.45, 2.75) is 11.3 Å². The molecule has 1 aromatic heterocycles. The summed E-state index contributed by atoms with van der Waals surface area (Å²) < 4.78 is 31.4. The first-order valence-electron chi connectivity index (χ1n) is 6.16. The molecule has 0 radical (unpaired) electrons. The average Bonchev–Trinajstić information content (AvgIpc) is 2.98. The van der Waals surface area contributed by atoms with Crippen LogP contribution < -0.4 is 10.5 Å². The van der Waals surface area contributed by atoms with Gasteiger partial charge in [-0.05, 0) is 24.3 Å². The van der Waals surface area contributed by atoms with E-state index in [-0.39, 0.29) is 18.0 Å². The van der Waals surface area contributed by atoms with Crippen molar-refractivity contribution in [3.8, 4) is 11.8 Å². The van der Waals surface area contributed by atoms with Gasteiger partial charge in [0, 0.05) is 18.5 Å². The number of aromatic nitrogens is 2. The summed E-state index contributed by atoms with van der Waals surface area (Å²) in [5.41, 5.74) is 5.99. The van der Waals surface area contributed by atoms with Crippen LogP contribution in [0.15, 0.2) is 40.0 Å². The van der Waals surface area contributed by atoms with Crippen molar-refractivity contribution in [3.63, 3.8) is 0 Å². The van der Waals surface area contributed by atoms with E-state index in [1.165, 1.54) is 18.5 Å². The molecule has 2 aromatic rings. The predicted octanol–water partition coefficient (Wildman–Crippen LogP) is -0.0992. The van der Waals surface area contributed by atoms with Crippen molar-refractivity contribution in [1.82, 2.24) is 14.9 Å². The molecule has 0 saturated carbocycles. The van der Waals surface area contributed by atoms with Crippen LogP contribution in [0, 0.1) is 11.8 Å². The molecule has 8 heteroatoms. The van der Waals surface area contributed by atoms with Gasteiger partial charge in [0.25, 0.3) is 0 Å². The lowest BCUT2D eigenvalue weighted by atomic mass is 10.2. The lowest BCUT2D eigenvalue weighted by Gasteiger charge is -2.05. The van der Waals surface area contributed by atoms with E-state index in [4.69, 9.17) is 10.3 Å². The molecule has 1 heterocycles. The molecule has 7 nitrogen and oxygen atoms in total. The number of nitrogens with zero attached hydrogens (tertiary/aromatic N) is 2. The normalized spacial score (nSPS) is 10.9. The number of rotatable bonds is 5. The third-order valence-electron chi connectivity index (χ3n) is 2.54. The van der Waals surface area contributed by atoms with Crippen molar-refractivity contribution in [2.75, 3.05) is 13.1 Å². The first-order valence-corrected chi connectivity index (χ1v) is 7.64. The Morgan fingerprint density at radius 2 is 2.05 bits per heavy atom. The molecule has 0 aliphatic carbocycles. The number of benzene rings is 1. The molecule has 0 fully saturated rings. The molecule has 3 N–H and O–H groups in total. The monoisotopic (exact) mass is 306 g/mol. The quantitative estimate of drug-likeness (QED) is 0.746. The molecule has 0 unspecified atom stereocenters. The maximum atomic E-state index is 12.1. The van der Waals surface area contributed by atoms with Crippen molar-refractivity contribution in [1.29, 1.82) is 0 Å². The van der Waals surface area contributed by atoms with E-state index in [2.05, 4.69) is 26.7 Å². The maximum Gasteiger partial charge on any atom is 0.240 e. The van der Waals surface area contributed by atoms with Gasteiger partial charge in [0.1, 0.15) is 0 Å². The Morgan fingerprint density at radius 3 is 2.67 bits per heavy atom. The Hall–Kier alpha value is -2.21. The zero-order chi connectivity index (χ0) is 15.1. The Labute approximate surface area is 122 Å². The second-order valence-corrected chi connectivity index (χ2v) is 5.78. The van der Waals surface area contributed by atoms with Gasteiger partial charge >= 0.3 is 0 Å². The van der Waals surface area contributed by atoms with Gasteiger partial charge in [0.2, 0.25) is 15.9 Å². The van der Waals surface area contributed by atoms with E-state index in [0.717, 1.165) is 0 Å². The minimum absolute atomic E-state index is 0.173. The molecule has 21 heavy (non-hydrogen) atoms. The second-order valence-electron chi connectivity index (χ2n) is 4.01. The lowest BCUT2D eigenvalue weighted by molar-refractivity contribution is 0.377. The molecule has 0 atom stereocenters. The second kappa shape index (κ2) is 6.99. The van der Waals surface area contributed by atoms with E-state index in [1.807, 2.05) is 0 Å². The van der Waals surface area contributed by atoms with Gasteiger partial charge in [0.05, 0.1) is 11.4 Å². The van der Waals surface area contributed by atoms with Gasteiger partial charge in [-0.2, -0.15) is 4.98 Å². The number of sulfonamides is 1. The summed E-state index contributed by atoms with van der Waals surface area (Å²) >= 11 is 0. The highest BCUT2D eigenvalue weighted by molar-refractivity contribution is 7.89. The SMILES string of the molecule is NCC#Cc1ccc(S(=O)(=O)NCCc2ncno2)cc1. The fourth-order valence-corrected chi connectivity index (χ4v) is 2.58. The van der Waals surface area contributed by atoms with Gasteiger partial charge in [-0.3, -0.25) is 0 Å². The molecular weight excluding hydrogens is 292 g/mol. The summed E-state index contributed by atoms with van der Waals surface area (Å²) in [7, 11) is -3.56. The third-order valence-corrected chi connectivity index (χ3v) is 4.01. The van der Waals surface area contributed by atoms with Gasteiger partial charge in [0.15, 0.2) is 6.33 Å². The minimum Gasteiger partial charge on any atom is -0.340 e. The first kappa shape index (κ1) is 15.2. The lowest BCUT2D eigenvalue weighted by Crippen LogP contribution is -2.26. The molecule has 0 saturated heterocycles. The Morgan fingerprint density at radius 1 is 1.29 bits per heavy atom. The van der Waals surface area contributed by atoms with Gasteiger partial charge in [-0.1, -0.05) is 17.0 Å². The number of hydrogen-bond acceptors (Lipinski definition) is 6. The van der Waals surface area contributed by atoms with Crippen molar-refractivity contribution < 1.29 is 12.9 Å². The maximum absolute atomic E-state index is 12.1. The molecule has 0 bridgehead atoms. The van der Waals surface area contributed by atoms with Crippen molar-refractivity contribution in [2.24, 2.45) is 5.73 Å². The van der Waals surface area contributed by atoms with Crippen LogP contribution in [0.3, 0.4) is 0 Å². The highest BCUT2D eigenvalue weighted by atomic mass is 32.2. The number of hydrogen-bond donors (Lipinski definition) is 2. The molecule has 0 spiro atoms. The van der Waals surface area contributed by atoms with Crippen LogP contribution in [0.5, 0.6) is 0 Å². The van der Waals surface area contributed by atoms with Crippen LogP contribution in [-0.2, 0) is 16.4 Å². The summed E-state index contributed by atoms with van der Waals surface area (Å²) in [6, 6.07) is 6.26. The minimum atomic E-state index is -3.56. The smallest absolute Gasteiger partial charge is 0.240 e. The van der Waals surface area contributed by atoms with Crippen LogP contribution >= 0.6 is 0 Å². The first-order chi connectivity index (χ1) is 10.1. The average molecular weight is 306 g/mol. The van der Waals surface area contributed by atoms with E-state index in [0.29, 0.717) is 17.9 Å². The molecule has 0 aliphatic rings. The molecule has 1 aromatic carbocycles. The summed E-state index contributed by atoms with van der Waals surface area (Å²) in [6.07, 6.45) is 1.60. The van der Waals surface area contributed by atoms with Gasteiger partial charge < -0.3 is 10.3 Å². The van der Waals surface area contributed by atoms with Crippen LogP contribution in [0.4, 0.5) is 0 Å². The summed E-state index contributed by atoms with van der Waals surface area (Å²) in [5.74, 6) is 5.91.